The summed E-state index contributed by atoms with van der Waals surface area (Å²) in [6.45, 7) is 5.30. The summed E-state index contributed by atoms with van der Waals surface area (Å²) in [7, 11) is 0. The number of aromatic amines is 1. The number of carbonyl (C=O) groups is 1. The predicted molar refractivity (Wildman–Crippen MR) is 68.0 cm³/mol. The number of H-pyrrole nitrogens is 1. The lowest BCUT2D eigenvalue weighted by molar-refractivity contribution is -0.136. The van der Waals surface area contributed by atoms with E-state index in [9.17, 15) is 9.59 Å². The van der Waals surface area contributed by atoms with E-state index in [0.717, 1.165) is 0 Å². The van der Waals surface area contributed by atoms with Crippen LogP contribution in [0.1, 0.15) is 31.9 Å². The molecular formula is C12H18N4O2. The first kappa shape index (κ1) is 12.6. The Labute approximate surface area is 105 Å². The minimum absolute atomic E-state index is 0.129. The lowest BCUT2D eigenvalue weighted by Gasteiger charge is -2.39. The Hall–Kier alpha value is -1.85. The summed E-state index contributed by atoms with van der Waals surface area (Å²) in [5, 5.41) is 0. The number of likely N-dealkylation sites (tertiary alicyclic amines) is 1. The molecule has 1 aliphatic heterocycles. The second-order valence-corrected chi connectivity index (χ2v) is 5.15. The van der Waals surface area contributed by atoms with Crippen molar-refractivity contribution in [1.82, 2.24) is 14.9 Å². The fourth-order valence-electron chi connectivity index (χ4n) is 2.05. The van der Waals surface area contributed by atoms with Crippen LogP contribution in [0.3, 0.4) is 0 Å². The summed E-state index contributed by atoms with van der Waals surface area (Å²) in [6, 6.07) is 1.45. The Kier molecular flexibility index (Phi) is 3.36. The molecule has 0 aromatic carbocycles. The largest absolute Gasteiger partial charge is 0.369 e. The number of hydrogen-bond acceptors (Lipinski definition) is 4. The molecule has 1 amide bonds. The van der Waals surface area contributed by atoms with E-state index in [-0.39, 0.29) is 23.3 Å². The number of nitrogens with two attached hydrogens (primary N) is 1. The molecule has 1 saturated heterocycles. The zero-order valence-electron chi connectivity index (χ0n) is 10.6. The molecule has 18 heavy (non-hydrogen) atoms. The molecule has 1 aromatic rings. The van der Waals surface area contributed by atoms with Gasteiger partial charge in [0.2, 0.25) is 11.9 Å². The SMILES string of the molecule is CC(C)CC(=O)N1CC(c2cc(=O)[nH]c(N)n2)C1. The van der Waals surface area contributed by atoms with Crippen LogP contribution in [0.15, 0.2) is 10.9 Å². The van der Waals surface area contributed by atoms with Crippen molar-refractivity contribution in [2.75, 3.05) is 18.8 Å². The number of amides is 1. The van der Waals surface area contributed by atoms with Crippen LogP contribution in [-0.2, 0) is 4.79 Å². The van der Waals surface area contributed by atoms with E-state index in [0.29, 0.717) is 31.1 Å². The lowest BCUT2D eigenvalue weighted by atomic mass is 9.95. The Morgan fingerprint density at radius 3 is 2.83 bits per heavy atom. The van der Waals surface area contributed by atoms with E-state index >= 15 is 0 Å². The molecule has 3 N–H and O–H groups in total. The molecule has 2 rings (SSSR count). The highest BCUT2D eigenvalue weighted by atomic mass is 16.2. The molecule has 1 aliphatic rings. The van der Waals surface area contributed by atoms with Crippen molar-refractivity contribution in [3.05, 3.63) is 22.1 Å². The van der Waals surface area contributed by atoms with Crippen LogP contribution in [0.2, 0.25) is 0 Å². The molecular weight excluding hydrogens is 232 g/mol. The third-order valence-electron chi connectivity index (χ3n) is 3.02. The van der Waals surface area contributed by atoms with Gasteiger partial charge in [-0.3, -0.25) is 14.6 Å². The van der Waals surface area contributed by atoms with Gasteiger partial charge in [-0.05, 0) is 5.92 Å². The third-order valence-corrected chi connectivity index (χ3v) is 3.02. The number of nitrogens with zero attached hydrogens (tertiary/aromatic N) is 2. The van der Waals surface area contributed by atoms with Gasteiger partial charge in [0.15, 0.2) is 0 Å². The van der Waals surface area contributed by atoms with Crippen LogP contribution < -0.4 is 11.3 Å². The van der Waals surface area contributed by atoms with E-state index < -0.39 is 0 Å². The Balaban J connectivity index is 1.96. The van der Waals surface area contributed by atoms with Gasteiger partial charge in [-0.25, -0.2) is 4.98 Å². The lowest BCUT2D eigenvalue weighted by Crippen LogP contribution is -2.49. The minimum atomic E-state index is -0.246. The highest BCUT2D eigenvalue weighted by Gasteiger charge is 2.32. The van der Waals surface area contributed by atoms with Crippen molar-refractivity contribution in [2.45, 2.75) is 26.2 Å². The van der Waals surface area contributed by atoms with Crippen LogP contribution in [0, 0.1) is 5.92 Å². The van der Waals surface area contributed by atoms with Crippen LogP contribution >= 0.6 is 0 Å². The first-order valence-corrected chi connectivity index (χ1v) is 6.10. The molecule has 1 aromatic heterocycles. The zero-order chi connectivity index (χ0) is 13.3. The molecule has 6 heteroatoms. The average Bonchev–Trinajstić information content (AvgIpc) is 2.11. The number of hydrogen-bond donors (Lipinski definition) is 2. The number of nitrogens with one attached hydrogen (secondary N) is 1. The third kappa shape index (κ3) is 2.69. The van der Waals surface area contributed by atoms with E-state index in [4.69, 9.17) is 5.73 Å². The maximum Gasteiger partial charge on any atom is 0.252 e. The van der Waals surface area contributed by atoms with Gasteiger partial charge >= 0.3 is 0 Å². The first-order valence-electron chi connectivity index (χ1n) is 6.10. The number of aromatic nitrogens is 2. The maximum absolute atomic E-state index is 11.8. The summed E-state index contributed by atoms with van der Waals surface area (Å²) < 4.78 is 0. The predicted octanol–water partition coefficient (Wildman–Crippen LogP) is 0.324. The fraction of sp³-hybridized carbons (Fsp3) is 0.583. The van der Waals surface area contributed by atoms with Gasteiger partial charge in [0.1, 0.15) is 0 Å². The molecule has 0 unspecified atom stereocenters. The highest BCUT2D eigenvalue weighted by Crippen LogP contribution is 2.26. The van der Waals surface area contributed by atoms with Gasteiger partial charge in [0, 0.05) is 31.5 Å². The zero-order valence-corrected chi connectivity index (χ0v) is 10.6. The molecule has 1 fully saturated rings. The van der Waals surface area contributed by atoms with Crippen LogP contribution in [0.5, 0.6) is 0 Å². The van der Waals surface area contributed by atoms with E-state index in [1.54, 1.807) is 4.90 Å². The number of nitrogen functional groups attached to an aromatic ring is 1. The minimum Gasteiger partial charge on any atom is -0.369 e. The van der Waals surface area contributed by atoms with Crippen molar-refractivity contribution in [3.8, 4) is 0 Å². The topological polar surface area (TPSA) is 92.1 Å². The second-order valence-electron chi connectivity index (χ2n) is 5.15. The van der Waals surface area contributed by atoms with Gasteiger partial charge in [-0.15, -0.1) is 0 Å². The van der Waals surface area contributed by atoms with Crippen molar-refractivity contribution in [3.63, 3.8) is 0 Å². The Morgan fingerprint density at radius 2 is 2.28 bits per heavy atom. The van der Waals surface area contributed by atoms with Gasteiger partial charge in [0.25, 0.3) is 5.56 Å². The highest BCUT2D eigenvalue weighted by molar-refractivity contribution is 5.77. The van der Waals surface area contributed by atoms with Crippen molar-refractivity contribution in [2.24, 2.45) is 5.92 Å². The van der Waals surface area contributed by atoms with E-state index in [1.165, 1.54) is 6.07 Å². The van der Waals surface area contributed by atoms with Gasteiger partial charge in [-0.1, -0.05) is 13.8 Å². The molecule has 98 valence electrons. The van der Waals surface area contributed by atoms with Crippen molar-refractivity contribution >= 4 is 11.9 Å². The molecule has 0 saturated carbocycles. The number of carbonyl (C=O) groups excluding carboxylic acids is 1. The van der Waals surface area contributed by atoms with Crippen LogP contribution in [-0.4, -0.2) is 33.9 Å². The van der Waals surface area contributed by atoms with Crippen LogP contribution in [0.4, 0.5) is 5.95 Å². The summed E-state index contributed by atoms with van der Waals surface area (Å²) in [5.41, 5.74) is 5.91. The molecule has 0 aliphatic carbocycles. The molecule has 0 radical (unpaired) electrons. The quantitative estimate of drug-likeness (QED) is 0.808. The second kappa shape index (κ2) is 4.80. The molecule has 0 bridgehead atoms. The monoisotopic (exact) mass is 250 g/mol. The fourth-order valence-corrected chi connectivity index (χ4v) is 2.05. The van der Waals surface area contributed by atoms with Gasteiger partial charge in [-0.2, -0.15) is 0 Å². The number of anilines is 1. The maximum atomic E-state index is 11.8. The van der Waals surface area contributed by atoms with Crippen molar-refractivity contribution < 1.29 is 4.79 Å². The summed E-state index contributed by atoms with van der Waals surface area (Å²) >= 11 is 0. The average molecular weight is 250 g/mol. The van der Waals surface area contributed by atoms with E-state index in [1.807, 2.05) is 13.8 Å². The standard InChI is InChI=1S/C12H18N4O2/c1-7(2)3-11(18)16-5-8(6-16)9-4-10(17)15-12(13)14-9/h4,7-8H,3,5-6H2,1-2H3,(H3,13,14,15,17). The summed E-state index contributed by atoms with van der Waals surface area (Å²) in [4.78, 5) is 31.3. The molecule has 0 spiro atoms. The Bertz CT molecular complexity index is 503. The van der Waals surface area contributed by atoms with Crippen molar-refractivity contribution in [1.29, 1.82) is 0 Å². The Morgan fingerprint density at radius 1 is 1.61 bits per heavy atom. The summed E-state index contributed by atoms with van der Waals surface area (Å²) in [6.07, 6.45) is 0.567. The van der Waals surface area contributed by atoms with Gasteiger partial charge in [0.05, 0.1) is 5.69 Å². The van der Waals surface area contributed by atoms with Gasteiger partial charge < -0.3 is 10.6 Å². The normalized spacial score (nSPS) is 15.8. The first-order chi connectivity index (χ1) is 8.45. The molecule has 6 nitrogen and oxygen atoms in total. The summed E-state index contributed by atoms with van der Waals surface area (Å²) in [5.74, 6) is 0.791. The molecule has 2 heterocycles. The smallest absolute Gasteiger partial charge is 0.252 e. The van der Waals surface area contributed by atoms with Crippen LogP contribution in [0.25, 0.3) is 0 Å². The molecule has 0 atom stereocenters. The number of rotatable bonds is 3. The van der Waals surface area contributed by atoms with E-state index in [2.05, 4.69) is 9.97 Å².